The first kappa shape index (κ1) is 30.6. The van der Waals surface area contributed by atoms with Gasteiger partial charge in [0, 0.05) is 38.8 Å². The van der Waals surface area contributed by atoms with Gasteiger partial charge in [0.1, 0.15) is 6.10 Å². The number of allylic oxidation sites excluding steroid dienone is 2. The van der Waals surface area contributed by atoms with E-state index in [1.807, 2.05) is 25.2 Å². The minimum atomic E-state index is -0.376. The van der Waals surface area contributed by atoms with Gasteiger partial charge in [-0.05, 0) is 50.7 Å². The number of benzene rings is 1. The molecule has 0 saturated carbocycles. The molecule has 2 amide bonds. The summed E-state index contributed by atoms with van der Waals surface area (Å²) >= 11 is 0. The average molecular weight is 520 g/mol. The molecule has 2 rings (SSSR count). The van der Waals surface area contributed by atoms with Crippen LogP contribution in [0.3, 0.4) is 0 Å². The lowest BCUT2D eigenvalue weighted by Crippen LogP contribution is -2.31. The highest BCUT2D eigenvalue weighted by molar-refractivity contribution is 5.75. The smallest absolute Gasteiger partial charge is 0.407 e. The first-order valence-electron chi connectivity index (χ1n) is 13.5. The lowest BCUT2D eigenvalue weighted by atomic mass is 10.0. The summed E-state index contributed by atoms with van der Waals surface area (Å²) in [5.74, 6) is 0.0403. The fourth-order valence-electron chi connectivity index (χ4n) is 3.84. The number of amides is 2. The summed E-state index contributed by atoms with van der Waals surface area (Å²) in [7, 11) is 2.03. The van der Waals surface area contributed by atoms with Gasteiger partial charge in [-0.25, -0.2) is 4.79 Å². The summed E-state index contributed by atoms with van der Waals surface area (Å²) in [4.78, 5) is 26.0. The summed E-state index contributed by atoms with van der Waals surface area (Å²) in [6, 6.07) is 10.1. The van der Waals surface area contributed by atoms with Crippen molar-refractivity contribution in [3.05, 3.63) is 42.5 Å². The van der Waals surface area contributed by atoms with Crippen LogP contribution in [-0.4, -0.2) is 84.4 Å². The molecule has 9 heteroatoms. The van der Waals surface area contributed by atoms with Crippen molar-refractivity contribution in [3.8, 4) is 0 Å². The maximum atomic E-state index is 11.9. The molecule has 9 nitrogen and oxygen atoms in total. The van der Waals surface area contributed by atoms with Crippen molar-refractivity contribution in [3.63, 3.8) is 0 Å². The molecule has 208 valence electrons. The lowest BCUT2D eigenvalue weighted by molar-refractivity contribution is -0.121. The molecule has 1 unspecified atom stereocenters. The van der Waals surface area contributed by atoms with Crippen LogP contribution in [0.25, 0.3) is 0 Å². The molecule has 0 aliphatic heterocycles. The molecule has 0 radical (unpaired) electrons. The van der Waals surface area contributed by atoms with Gasteiger partial charge >= 0.3 is 6.09 Å². The molecule has 0 heterocycles. The van der Waals surface area contributed by atoms with Crippen LogP contribution in [0.1, 0.15) is 44.9 Å². The minimum Gasteiger partial charge on any atom is -0.446 e. The number of nitrogens with one attached hydrogen (secondary N) is 2. The molecular weight excluding hydrogens is 474 g/mol. The van der Waals surface area contributed by atoms with Crippen molar-refractivity contribution in [2.75, 3.05) is 71.2 Å². The van der Waals surface area contributed by atoms with Gasteiger partial charge in [0.2, 0.25) is 5.91 Å². The van der Waals surface area contributed by atoms with E-state index >= 15 is 0 Å². The van der Waals surface area contributed by atoms with Crippen molar-refractivity contribution in [1.82, 2.24) is 10.6 Å². The van der Waals surface area contributed by atoms with Crippen LogP contribution in [0, 0.1) is 0 Å². The zero-order chi connectivity index (χ0) is 26.4. The lowest BCUT2D eigenvalue weighted by Gasteiger charge is -2.18. The molecule has 2 N–H and O–H groups in total. The van der Waals surface area contributed by atoms with Crippen LogP contribution in [0.2, 0.25) is 0 Å². The highest BCUT2D eigenvalue weighted by atomic mass is 16.6. The van der Waals surface area contributed by atoms with Crippen molar-refractivity contribution in [2.45, 2.75) is 51.0 Å². The molecule has 0 aromatic heterocycles. The van der Waals surface area contributed by atoms with Crippen LogP contribution in [0.15, 0.2) is 42.5 Å². The van der Waals surface area contributed by atoms with E-state index in [0.717, 1.165) is 50.8 Å². The molecule has 1 aliphatic rings. The molecular formula is C28H45N3O6. The number of hydrogen-bond donors (Lipinski definition) is 2. The fourth-order valence-corrected chi connectivity index (χ4v) is 3.84. The largest absolute Gasteiger partial charge is 0.446 e. The first-order valence-corrected chi connectivity index (χ1v) is 13.5. The molecule has 37 heavy (non-hydrogen) atoms. The van der Waals surface area contributed by atoms with Gasteiger partial charge in [-0.3, -0.25) is 4.79 Å². The van der Waals surface area contributed by atoms with Crippen LogP contribution in [-0.2, 0) is 23.7 Å². The molecule has 0 saturated heterocycles. The maximum absolute atomic E-state index is 11.9. The van der Waals surface area contributed by atoms with E-state index in [9.17, 15) is 9.59 Å². The molecule has 1 aromatic carbocycles. The van der Waals surface area contributed by atoms with Gasteiger partial charge in [0.05, 0.1) is 39.6 Å². The average Bonchev–Trinajstić information content (AvgIpc) is 2.88. The summed E-state index contributed by atoms with van der Waals surface area (Å²) in [5, 5.41) is 5.61. The number of carbonyl (C=O) groups excluding carboxylic acids is 2. The highest BCUT2D eigenvalue weighted by Gasteiger charge is 2.14. The zero-order valence-corrected chi connectivity index (χ0v) is 22.3. The predicted molar refractivity (Wildman–Crippen MR) is 145 cm³/mol. The van der Waals surface area contributed by atoms with E-state index in [1.54, 1.807) is 0 Å². The van der Waals surface area contributed by atoms with Crippen molar-refractivity contribution < 1.29 is 28.5 Å². The molecule has 0 bridgehead atoms. The van der Waals surface area contributed by atoms with Crippen LogP contribution in [0.5, 0.6) is 0 Å². The van der Waals surface area contributed by atoms with E-state index < -0.39 is 0 Å². The normalized spacial score (nSPS) is 16.3. The highest BCUT2D eigenvalue weighted by Crippen LogP contribution is 2.15. The second kappa shape index (κ2) is 20.4. The summed E-state index contributed by atoms with van der Waals surface area (Å²) in [6.07, 6.45) is 10.1. The molecule has 1 aromatic rings. The molecule has 1 atom stereocenters. The van der Waals surface area contributed by atoms with Crippen molar-refractivity contribution in [2.24, 2.45) is 0 Å². The van der Waals surface area contributed by atoms with Crippen LogP contribution in [0.4, 0.5) is 10.5 Å². The Morgan fingerprint density at radius 1 is 0.865 bits per heavy atom. The van der Waals surface area contributed by atoms with E-state index in [1.165, 1.54) is 0 Å². The number of nitrogens with zero attached hydrogens (tertiary/aromatic N) is 1. The fraction of sp³-hybridized carbons (Fsp3) is 0.643. The Morgan fingerprint density at radius 3 is 2.24 bits per heavy atom. The third kappa shape index (κ3) is 16.0. The van der Waals surface area contributed by atoms with Gasteiger partial charge in [0.25, 0.3) is 0 Å². The summed E-state index contributed by atoms with van der Waals surface area (Å²) in [6.45, 7) is 4.41. The van der Waals surface area contributed by atoms with Crippen LogP contribution < -0.4 is 15.5 Å². The quantitative estimate of drug-likeness (QED) is 0.225. The van der Waals surface area contributed by atoms with Gasteiger partial charge in [0.15, 0.2) is 0 Å². The van der Waals surface area contributed by atoms with Crippen LogP contribution >= 0.6 is 0 Å². The third-order valence-corrected chi connectivity index (χ3v) is 5.92. The number of hydrogen-bond acceptors (Lipinski definition) is 7. The SMILES string of the molecule is CN(CCCC(=O)NCCOCCOCCOCCNC(=O)OC1CC/C=C/CCC1)c1ccccc1. The number of carbonyl (C=O) groups is 2. The van der Waals surface area contributed by atoms with Gasteiger partial charge in [-0.2, -0.15) is 0 Å². The summed E-state index contributed by atoms with van der Waals surface area (Å²) < 4.78 is 21.9. The third-order valence-electron chi connectivity index (χ3n) is 5.92. The second-order valence-electron chi connectivity index (χ2n) is 8.98. The number of para-hydroxylation sites is 1. The van der Waals surface area contributed by atoms with Gasteiger partial charge in [-0.1, -0.05) is 30.4 Å². The van der Waals surface area contributed by atoms with E-state index in [2.05, 4.69) is 39.8 Å². The Labute approximate surface area is 221 Å². The molecule has 0 spiro atoms. The summed E-state index contributed by atoms with van der Waals surface area (Å²) in [5.41, 5.74) is 1.15. The number of anilines is 1. The Bertz CT molecular complexity index is 762. The maximum Gasteiger partial charge on any atom is 0.407 e. The monoisotopic (exact) mass is 519 g/mol. The van der Waals surface area contributed by atoms with E-state index in [4.69, 9.17) is 18.9 Å². The van der Waals surface area contributed by atoms with Crippen molar-refractivity contribution >= 4 is 17.7 Å². The Balaban J connectivity index is 1.30. The number of rotatable bonds is 18. The number of ether oxygens (including phenoxy) is 4. The Kier molecular flexibility index (Phi) is 16.9. The van der Waals surface area contributed by atoms with Gasteiger partial charge in [-0.15, -0.1) is 0 Å². The standard InChI is InChI=1S/C28H45N3O6/c1-31(25-11-6-5-7-12-25)18-10-15-27(32)29-16-19-34-21-23-36-24-22-35-20-17-30-28(33)37-26-13-8-3-2-4-9-14-26/h2-3,5-7,11-12,26H,4,8-10,13-24H2,1H3,(H,29,32)(H,30,33)/b3-2+. The topological polar surface area (TPSA) is 98.4 Å². The van der Waals surface area contributed by atoms with Crippen molar-refractivity contribution in [1.29, 1.82) is 0 Å². The Hall–Kier alpha value is -2.62. The molecule has 0 fully saturated rings. The first-order chi connectivity index (χ1) is 18.1. The zero-order valence-electron chi connectivity index (χ0n) is 22.3. The Morgan fingerprint density at radius 2 is 1.51 bits per heavy atom. The van der Waals surface area contributed by atoms with E-state index in [-0.39, 0.29) is 18.1 Å². The van der Waals surface area contributed by atoms with Gasteiger partial charge < -0.3 is 34.5 Å². The second-order valence-corrected chi connectivity index (χ2v) is 8.98. The predicted octanol–water partition coefficient (Wildman–Crippen LogP) is 3.68. The minimum absolute atomic E-state index is 0.00444. The van der Waals surface area contributed by atoms with E-state index in [0.29, 0.717) is 59.2 Å². The molecule has 1 aliphatic carbocycles. The number of alkyl carbamates (subject to hydrolysis) is 1.